The Morgan fingerprint density at radius 2 is 1.92 bits per heavy atom. The fraction of sp³-hybridized carbons (Fsp3) is 0.100. The first-order valence-electron chi connectivity index (χ1n) is 7.99. The Morgan fingerprint density at radius 3 is 2.72 bits per heavy atom. The van der Waals surface area contributed by atoms with Gasteiger partial charge in [-0.15, -0.1) is 0 Å². The van der Waals surface area contributed by atoms with Crippen LogP contribution in [0.5, 0.6) is 5.75 Å². The molecule has 3 N–H and O–H groups in total. The minimum Gasteiger partial charge on any atom is -0.508 e. The molecule has 4 rings (SSSR count). The predicted octanol–water partition coefficient (Wildman–Crippen LogP) is 4.08. The van der Waals surface area contributed by atoms with E-state index in [-0.39, 0.29) is 11.7 Å². The first kappa shape index (κ1) is 15.2. The summed E-state index contributed by atoms with van der Waals surface area (Å²) in [5, 5.41) is 10.7. The molecule has 4 aromatic rings. The Bertz CT molecular complexity index is 1070. The molecule has 0 spiro atoms. The highest BCUT2D eigenvalue weighted by Gasteiger charge is 2.14. The number of nitrogen functional groups attached to an aromatic ring is 1. The van der Waals surface area contributed by atoms with Crippen molar-refractivity contribution in [3.05, 3.63) is 71.4 Å². The molecule has 0 amide bonds. The van der Waals surface area contributed by atoms with Gasteiger partial charge in [-0.2, -0.15) is 0 Å². The average molecular weight is 331 g/mol. The van der Waals surface area contributed by atoms with Gasteiger partial charge in [0.1, 0.15) is 17.0 Å². The number of benzene rings is 2. The van der Waals surface area contributed by atoms with Crippen molar-refractivity contribution in [2.75, 3.05) is 5.73 Å². The molecule has 2 aromatic carbocycles. The summed E-state index contributed by atoms with van der Waals surface area (Å²) >= 11 is 0. The molecule has 0 aliphatic heterocycles. The number of aromatic hydroxyl groups is 1. The van der Waals surface area contributed by atoms with Crippen LogP contribution in [0.15, 0.2) is 59.1 Å². The molecule has 0 saturated carbocycles. The lowest BCUT2D eigenvalue weighted by Gasteiger charge is -2.03. The number of aryl methyl sites for hydroxylation is 1. The first-order valence-corrected chi connectivity index (χ1v) is 7.99. The van der Waals surface area contributed by atoms with E-state index in [2.05, 4.69) is 16.0 Å². The van der Waals surface area contributed by atoms with Crippen molar-refractivity contribution in [2.45, 2.75) is 13.3 Å². The summed E-state index contributed by atoms with van der Waals surface area (Å²) in [7, 11) is 0. The summed E-state index contributed by atoms with van der Waals surface area (Å²) in [6.45, 7) is 2.01. The zero-order valence-electron chi connectivity index (χ0n) is 13.7. The van der Waals surface area contributed by atoms with E-state index in [1.54, 1.807) is 24.4 Å². The van der Waals surface area contributed by atoms with Gasteiger partial charge in [-0.1, -0.05) is 18.2 Å². The van der Waals surface area contributed by atoms with Crippen LogP contribution in [0.4, 0.5) is 5.95 Å². The minimum atomic E-state index is 0.224. The number of hydrogen-bond donors (Lipinski definition) is 2. The second kappa shape index (κ2) is 5.94. The lowest BCUT2D eigenvalue weighted by molar-refractivity contribution is 0.474. The molecule has 2 aromatic heterocycles. The number of rotatable bonds is 3. The molecule has 0 atom stereocenters. The molecule has 124 valence electrons. The molecule has 0 saturated heterocycles. The monoisotopic (exact) mass is 331 g/mol. The number of nitrogens with two attached hydrogens (primary N) is 1. The third kappa shape index (κ3) is 2.92. The molecule has 5 heteroatoms. The fourth-order valence-electron chi connectivity index (χ4n) is 3.02. The summed E-state index contributed by atoms with van der Waals surface area (Å²) in [6.07, 6.45) is 2.36. The van der Waals surface area contributed by atoms with Gasteiger partial charge < -0.3 is 15.3 Å². The number of hydrogen-bond acceptors (Lipinski definition) is 5. The van der Waals surface area contributed by atoms with E-state index in [0.717, 1.165) is 34.1 Å². The molecule has 5 nitrogen and oxygen atoms in total. The number of phenols is 1. The predicted molar refractivity (Wildman–Crippen MR) is 97.3 cm³/mol. The molecule has 25 heavy (non-hydrogen) atoms. The summed E-state index contributed by atoms with van der Waals surface area (Å²) < 4.78 is 5.98. The summed E-state index contributed by atoms with van der Waals surface area (Å²) in [4.78, 5) is 8.17. The lowest BCUT2D eigenvalue weighted by atomic mass is 10.0. The van der Waals surface area contributed by atoms with Crippen LogP contribution < -0.4 is 5.73 Å². The van der Waals surface area contributed by atoms with Crippen molar-refractivity contribution < 1.29 is 9.52 Å². The maximum Gasteiger partial charge on any atom is 0.220 e. The fourth-order valence-corrected chi connectivity index (χ4v) is 3.02. The van der Waals surface area contributed by atoms with E-state index in [1.165, 1.54) is 0 Å². The highest BCUT2D eigenvalue weighted by atomic mass is 16.3. The van der Waals surface area contributed by atoms with Crippen molar-refractivity contribution >= 4 is 16.9 Å². The highest BCUT2D eigenvalue weighted by molar-refractivity contribution is 5.87. The molecule has 0 fully saturated rings. The molecule has 0 radical (unpaired) electrons. The van der Waals surface area contributed by atoms with Gasteiger partial charge in [0.2, 0.25) is 5.95 Å². The topological polar surface area (TPSA) is 85.2 Å². The van der Waals surface area contributed by atoms with E-state index in [1.807, 2.05) is 31.2 Å². The standard InChI is InChI=1S/C20H17N3O2/c1-12-16-11-14(9-13-3-2-4-15(24)10-13)5-6-18(16)25-19(12)17-7-8-22-20(21)23-17/h2-8,10-11,24H,9H2,1H3,(H2,21,22,23). The van der Waals surface area contributed by atoms with E-state index in [9.17, 15) is 5.11 Å². The third-order valence-electron chi connectivity index (χ3n) is 4.23. The SMILES string of the molecule is Cc1c(-c2ccnc(N)n2)oc2ccc(Cc3cccc(O)c3)cc12. The van der Waals surface area contributed by atoms with Gasteiger partial charge in [0, 0.05) is 17.1 Å². The number of furan rings is 1. The summed E-state index contributed by atoms with van der Waals surface area (Å²) in [6, 6.07) is 15.2. The van der Waals surface area contributed by atoms with Gasteiger partial charge in [0.25, 0.3) is 0 Å². The van der Waals surface area contributed by atoms with Crippen molar-refractivity contribution in [1.82, 2.24) is 9.97 Å². The lowest BCUT2D eigenvalue weighted by Crippen LogP contribution is -1.95. The maximum atomic E-state index is 9.62. The Kier molecular flexibility index (Phi) is 3.61. The molecular formula is C20H17N3O2. The van der Waals surface area contributed by atoms with Crippen LogP contribution in [0.1, 0.15) is 16.7 Å². The van der Waals surface area contributed by atoms with Crippen molar-refractivity contribution in [3.8, 4) is 17.2 Å². The zero-order chi connectivity index (χ0) is 17.4. The first-order chi connectivity index (χ1) is 12.1. The molecule has 0 aliphatic rings. The Labute approximate surface area is 144 Å². The molecular weight excluding hydrogens is 314 g/mol. The number of phenolic OH excluding ortho intramolecular Hbond substituents is 1. The summed E-state index contributed by atoms with van der Waals surface area (Å²) in [5.41, 5.74) is 10.4. The van der Waals surface area contributed by atoms with Crippen LogP contribution in [0.3, 0.4) is 0 Å². The smallest absolute Gasteiger partial charge is 0.220 e. The molecule has 2 heterocycles. The Balaban J connectivity index is 1.75. The van der Waals surface area contributed by atoms with E-state index in [4.69, 9.17) is 10.2 Å². The normalized spacial score (nSPS) is 11.1. The van der Waals surface area contributed by atoms with Gasteiger partial charge in [0.15, 0.2) is 5.76 Å². The zero-order valence-corrected chi connectivity index (χ0v) is 13.7. The van der Waals surface area contributed by atoms with Crippen molar-refractivity contribution in [3.63, 3.8) is 0 Å². The maximum absolute atomic E-state index is 9.62. The number of anilines is 1. The minimum absolute atomic E-state index is 0.224. The van der Waals surface area contributed by atoms with Crippen molar-refractivity contribution in [1.29, 1.82) is 0 Å². The van der Waals surface area contributed by atoms with Gasteiger partial charge in [0.05, 0.1) is 0 Å². The van der Waals surface area contributed by atoms with E-state index >= 15 is 0 Å². The van der Waals surface area contributed by atoms with Crippen LogP contribution in [0, 0.1) is 6.92 Å². The largest absolute Gasteiger partial charge is 0.508 e. The quantitative estimate of drug-likeness (QED) is 0.591. The number of nitrogens with zero attached hydrogens (tertiary/aromatic N) is 2. The van der Waals surface area contributed by atoms with Crippen LogP contribution in [0.2, 0.25) is 0 Å². The van der Waals surface area contributed by atoms with Crippen LogP contribution in [-0.2, 0) is 6.42 Å². The second-order valence-electron chi connectivity index (χ2n) is 6.03. The number of aromatic nitrogens is 2. The third-order valence-corrected chi connectivity index (χ3v) is 4.23. The Hall–Kier alpha value is -3.34. The summed E-state index contributed by atoms with van der Waals surface area (Å²) in [5.74, 6) is 1.21. The molecule has 0 aliphatic carbocycles. The second-order valence-corrected chi connectivity index (χ2v) is 6.03. The average Bonchev–Trinajstić information content (AvgIpc) is 2.92. The van der Waals surface area contributed by atoms with E-state index in [0.29, 0.717) is 11.5 Å². The van der Waals surface area contributed by atoms with Gasteiger partial charge in [-0.05, 0) is 54.8 Å². The van der Waals surface area contributed by atoms with Gasteiger partial charge in [-0.3, -0.25) is 0 Å². The van der Waals surface area contributed by atoms with Crippen LogP contribution in [-0.4, -0.2) is 15.1 Å². The molecule has 0 unspecified atom stereocenters. The highest BCUT2D eigenvalue weighted by Crippen LogP contribution is 2.33. The number of fused-ring (bicyclic) bond motifs is 1. The Morgan fingerprint density at radius 1 is 1.08 bits per heavy atom. The van der Waals surface area contributed by atoms with Crippen LogP contribution in [0.25, 0.3) is 22.4 Å². The van der Waals surface area contributed by atoms with Gasteiger partial charge >= 0.3 is 0 Å². The van der Waals surface area contributed by atoms with Gasteiger partial charge in [-0.25, -0.2) is 9.97 Å². The van der Waals surface area contributed by atoms with Crippen molar-refractivity contribution in [2.24, 2.45) is 0 Å². The molecule has 0 bridgehead atoms. The van der Waals surface area contributed by atoms with Crippen LogP contribution >= 0.6 is 0 Å². The van der Waals surface area contributed by atoms with E-state index < -0.39 is 0 Å².